The summed E-state index contributed by atoms with van der Waals surface area (Å²) < 4.78 is 27.6. The van der Waals surface area contributed by atoms with E-state index in [0.29, 0.717) is 11.3 Å². The summed E-state index contributed by atoms with van der Waals surface area (Å²) in [5.41, 5.74) is 2.07. The van der Waals surface area contributed by atoms with Crippen molar-refractivity contribution in [3.05, 3.63) is 53.3 Å². The molecule has 0 aliphatic carbocycles. The maximum atomic E-state index is 12.3. The van der Waals surface area contributed by atoms with E-state index in [1.807, 2.05) is 20.0 Å². The second kappa shape index (κ2) is 6.55. The summed E-state index contributed by atoms with van der Waals surface area (Å²) in [6, 6.07) is 10.3. The van der Waals surface area contributed by atoms with Crippen LogP contribution in [-0.2, 0) is 23.6 Å². The summed E-state index contributed by atoms with van der Waals surface area (Å²) in [7, 11) is 1.23. The van der Waals surface area contributed by atoms with Crippen LogP contribution in [0, 0.1) is 6.92 Å². The van der Waals surface area contributed by atoms with Gasteiger partial charge in [0.15, 0.2) is 0 Å². The topological polar surface area (TPSA) is 71.4 Å². The Morgan fingerprint density at radius 3 is 2.39 bits per heavy atom. The molecule has 2 aromatic rings. The average Bonchev–Trinajstić information content (AvgIpc) is 2.84. The maximum Gasteiger partial charge on any atom is 0.268 e. The molecule has 2 rings (SSSR count). The van der Waals surface area contributed by atoms with Crippen LogP contribution in [0.1, 0.15) is 21.7 Å². The molecule has 0 fully saturated rings. The summed E-state index contributed by atoms with van der Waals surface area (Å²) in [6.07, 6.45) is 0. The monoisotopic (exact) mass is 335 g/mol. The first-order valence-corrected chi connectivity index (χ1v) is 8.60. The standard InChI is InChI=1S/C16H21N3O3S/c1-12-9-10-14(19(12)4)16(20)17-11-13-7-5-6-8-15(13)23(21,22)18(2)3/h5-10H,11H2,1-4H3,(H,17,20). The average molecular weight is 335 g/mol. The Morgan fingerprint density at radius 2 is 1.83 bits per heavy atom. The van der Waals surface area contributed by atoms with Crippen LogP contribution in [0.15, 0.2) is 41.3 Å². The molecule has 0 unspecified atom stereocenters. The number of hydrogen-bond acceptors (Lipinski definition) is 3. The van der Waals surface area contributed by atoms with Crippen molar-refractivity contribution in [3.63, 3.8) is 0 Å². The lowest BCUT2D eigenvalue weighted by Gasteiger charge is -2.15. The van der Waals surface area contributed by atoms with Crippen molar-refractivity contribution in [2.24, 2.45) is 7.05 Å². The molecule has 0 saturated carbocycles. The fourth-order valence-corrected chi connectivity index (χ4v) is 3.32. The lowest BCUT2D eigenvalue weighted by molar-refractivity contribution is 0.0942. The second-order valence-corrected chi connectivity index (χ2v) is 7.62. The van der Waals surface area contributed by atoms with Gasteiger partial charge in [-0.1, -0.05) is 18.2 Å². The van der Waals surface area contributed by atoms with Gasteiger partial charge in [-0.05, 0) is 30.7 Å². The summed E-state index contributed by atoms with van der Waals surface area (Å²) in [5.74, 6) is -0.238. The summed E-state index contributed by atoms with van der Waals surface area (Å²) in [6.45, 7) is 2.06. The van der Waals surface area contributed by atoms with E-state index in [2.05, 4.69) is 5.32 Å². The molecule has 0 atom stereocenters. The van der Waals surface area contributed by atoms with Crippen molar-refractivity contribution in [2.75, 3.05) is 14.1 Å². The van der Waals surface area contributed by atoms with Crippen molar-refractivity contribution in [1.29, 1.82) is 0 Å². The summed E-state index contributed by atoms with van der Waals surface area (Å²) in [4.78, 5) is 12.5. The zero-order valence-electron chi connectivity index (χ0n) is 13.7. The number of nitrogens with zero attached hydrogens (tertiary/aromatic N) is 2. The molecule has 124 valence electrons. The molecule has 0 saturated heterocycles. The van der Waals surface area contributed by atoms with Gasteiger partial charge < -0.3 is 9.88 Å². The third kappa shape index (κ3) is 3.46. The number of nitrogens with one attached hydrogen (secondary N) is 1. The number of carbonyl (C=O) groups is 1. The number of amides is 1. The summed E-state index contributed by atoms with van der Waals surface area (Å²) >= 11 is 0. The normalized spacial score (nSPS) is 11.7. The highest BCUT2D eigenvalue weighted by Gasteiger charge is 2.21. The van der Waals surface area contributed by atoms with Crippen molar-refractivity contribution in [2.45, 2.75) is 18.4 Å². The van der Waals surface area contributed by atoms with E-state index in [-0.39, 0.29) is 17.3 Å². The van der Waals surface area contributed by atoms with E-state index in [1.54, 1.807) is 34.9 Å². The first-order valence-electron chi connectivity index (χ1n) is 7.16. The fourth-order valence-electron chi connectivity index (χ4n) is 2.21. The zero-order valence-corrected chi connectivity index (χ0v) is 14.5. The number of rotatable bonds is 5. The quantitative estimate of drug-likeness (QED) is 0.900. The molecule has 7 heteroatoms. The third-order valence-electron chi connectivity index (χ3n) is 3.78. The first kappa shape index (κ1) is 17.2. The van der Waals surface area contributed by atoms with Crippen LogP contribution in [0.25, 0.3) is 0 Å². The van der Waals surface area contributed by atoms with E-state index in [9.17, 15) is 13.2 Å². The molecule has 1 amide bonds. The highest BCUT2D eigenvalue weighted by Crippen LogP contribution is 2.18. The number of hydrogen-bond donors (Lipinski definition) is 1. The predicted molar refractivity (Wildman–Crippen MR) is 88.6 cm³/mol. The van der Waals surface area contributed by atoms with Gasteiger partial charge in [-0.2, -0.15) is 0 Å². The molecule has 1 aromatic heterocycles. The van der Waals surface area contributed by atoms with Gasteiger partial charge in [0.25, 0.3) is 5.91 Å². The largest absolute Gasteiger partial charge is 0.347 e. The van der Waals surface area contributed by atoms with Gasteiger partial charge in [0.2, 0.25) is 10.0 Å². The van der Waals surface area contributed by atoms with Crippen LogP contribution in [0.5, 0.6) is 0 Å². The van der Waals surface area contributed by atoms with Gasteiger partial charge >= 0.3 is 0 Å². The smallest absolute Gasteiger partial charge is 0.268 e. The van der Waals surface area contributed by atoms with Crippen molar-refractivity contribution in [3.8, 4) is 0 Å². The van der Waals surface area contributed by atoms with Crippen LogP contribution in [0.4, 0.5) is 0 Å². The summed E-state index contributed by atoms with van der Waals surface area (Å²) in [5, 5.41) is 2.78. The minimum absolute atomic E-state index is 0.145. The SMILES string of the molecule is Cc1ccc(C(=O)NCc2ccccc2S(=O)(=O)N(C)C)n1C. The van der Waals surface area contributed by atoms with Gasteiger partial charge in [-0.3, -0.25) is 4.79 Å². The minimum Gasteiger partial charge on any atom is -0.347 e. The van der Waals surface area contributed by atoms with E-state index >= 15 is 0 Å². The Kier molecular flexibility index (Phi) is 4.91. The molecular weight excluding hydrogens is 314 g/mol. The Morgan fingerprint density at radius 1 is 1.17 bits per heavy atom. The Balaban J connectivity index is 2.22. The Bertz CT molecular complexity index is 823. The first-order chi connectivity index (χ1) is 10.7. The highest BCUT2D eigenvalue weighted by molar-refractivity contribution is 7.89. The molecule has 0 radical (unpaired) electrons. The van der Waals surface area contributed by atoms with E-state index in [4.69, 9.17) is 0 Å². The van der Waals surface area contributed by atoms with Gasteiger partial charge in [0.1, 0.15) is 5.69 Å². The van der Waals surface area contributed by atoms with Crippen molar-refractivity contribution >= 4 is 15.9 Å². The van der Waals surface area contributed by atoms with Gasteiger partial charge in [-0.25, -0.2) is 12.7 Å². The number of benzene rings is 1. The van der Waals surface area contributed by atoms with E-state index < -0.39 is 10.0 Å². The highest BCUT2D eigenvalue weighted by atomic mass is 32.2. The molecule has 1 aromatic carbocycles. The third-order valence-corrected chi connectivity index (χ3v) is 5.69. The van der Waals surface area contributed by atoms with E-state index in [1.165, 1.54) is 14.1 Å². The molecule has 6 nitrogen and oxygen atoms in total. The van der Waals surface area contributed by atoms with Gasteiger partial charge in [0.05, 0.1) is 4.90 Å². The van der Waals surface area contributed by atoms with E-state index in [0.717, 1.165) is 10.00 Å². The molecule has 0 aliphatic heterocycles. The maximum absolute atomic E-state index is 12.3. The minimum atomic E-state index is -3.55. The molecule has 1 heterocycles. The lowest BCUT2D eigenvalue weighted by atomic mass is 10.2. The molecule has 0 bridgehead atoms. The number of carbonyl (C=O) groups excluding carboxylic acids is 1. The van der Waals surface area contributed by atoms with Gasteiger partial charge in [0, 0.05) is 33.4 Å². The molecule has 0 spiro atoms. The Labute approximate surface area is 136 Å². The molecular formula is C16H21N3O3S. The number of aromatic nitrogens is 1. The molecule has 1 N–H and O–H groups in total. The zero-order chi connectivity index (χ0) is 17.2. The number of sulfonamides is 1. The van der Waals surface area contributed by atoms with Crippen molar-refractivity contribution < 1.29 is 13.2 Å². The molecule has 23 heavy (non-hydrogen) atoms. The predicted octanol–water partition coefficient (Wildman–Crippen LogP) is 1.51. The second-order valence-electron chi connectivity index (χ2n) is 5.50. The van der Waals surface area contributed by atoms with Crippen LogP contribution in [0.2, 0.25) is 0 Å². The van der Waals surface area contributed by atoms with Crippen molar-refractivity contribution in [1.82, 2.24) is 14.2 Å². The van der Waals surface area contributed by atoms with Crippen LogP contribution < -0.4 is 5.32 Å². The van der Waals surface area contributed by atoms with Gasteiger partial charge in [-0.15, -0.1) is 0 Å². The van der Waals surface area contributed by atoms with Crippen LogP contribution >= 0.6 is 0 Å². The Hall–Kier alpha value is -2.12. The number of aryl methyl sites for hydroxylation is 1. The van der Waals surface area contributed by atoms with Crippen LogP contribution in [-0.4, -0.2) is 37.3 Å². The fraction of sp³-hybridized carbons (Fsp3) is 0.312. The lowest BCUT2D eigenvalue weighted by Crippen LogP contribution is -2.28. The van der Waals surface area contributed by atoms with Crippen LogP contribution in [0.3, 0.4) is 0 Å². The molecule has 0 aliphatic rings.